The Balaban J connectivity index is 1.08. The zero-order valence-corrected chi connectivity index (χ0v) is 29.7. The monoisotopic (exact) mass is 714 g/mol. The molecule has 7 aromatic carbocycles. The van der Waals surface area contributed by atoms with Crippen LogP contribution in [-0.4, -0.2) is 19.9 Å². The van der Waals surface area contributed by atoms with Crippen molar-refractivity contribution in [2.24, 2.45) is 0 Å². The van der Waals surface area contributed by atoms with E-state index in [1.807, 2.05) is 48.5 Å². The van der Waals surface area contributed by atoms with Gasteiger partial charge in [-0.1, -0.05) is 127 Å². The average molecular weight is 715 g/mol. The summed E-state index contributed by atoms with van der Waals surface area (Å²) in [5.74, 6) is 1.87. The van der Waals surface area contributed by atoms with Crippen molar-refractivity contribution in [3.8, 4) is 55.9 Å². The predicted octanol–water partition coefficient (Wildman–Crippen LogP) is 13.1. The molecule has 0 amide bonds. The van der Waals surface area contributed by atoms with Crippen LogP contribution < -0.4 is 0 Å². The summed E-state index contributed by atoms with van der Waals surface area (Å²) < 4.78 is 10.3. The second-order valence-corrected chi connectivity index (χ2v) is 15.1. The number of thiazole rings is 1. The smallest absolute Gasteiger partial charge is 0.165 e. The lowest BCUT2D eigenvalue weighted by Crippen LogP contribution is -2.00. The number of fused-ring (bicyclic) bond motifs is 7. The molecular formula is C46H26N4OS2. The highest BCUT2D eigenvalue weighted by Gasteiger charge is 2.21. The fourth-order valence-electron chi connectivity index (χ4n) is 7.31. The summed E-state index contributed by atoms with van der Waals surface area (Å²) >= 11 is 3.49. The highest BCUT2D eigenvalue weighted by atomic mass is 32.1. The Labute approximate surface area is 311 Å². The number of furan rings is 1. The van der Waals surface area contributed by atoms with Crippen molar-refractivity contribution in [2.75, 3.05) is 0 Å². The van der Waals surface area contributed by atoms with E-state index in [-0.39, 0.29) is 0 Å². The Bertz CT molecular complexity index is 3150. The first-order valence-electron chi connectivity index (χ1n) is 17.4. The van der Waals surface area contributed by atoms with Crippen molar-refractivity contribution in [1.82, 2.24) is 19.9 Å². The predicted molar refractivity (Wildman–Crippen MR) is 220 cm³/mol. The molecule has 0 spiro atoms. The van der Waals surface area contributed by atoms with Crippen LogP contribution in [0, 0.1) is 0 Å². The summed E-state index contributed by atoms with van der Waals surface area (Å²) in [7, 11) is 0. The van der Waals surface area contributed by atoms with Crippen LogP contribution in [-0.2, 0) is 0 Å². The van der Waals surface area contributed by atoms with Crippen molar-refractivity contribution in [1.29, 1.82) is 0 Å². The lowest BCUT2D eigenvalue weighted by atomic mass is 9.99. The quantitative estimate of drug-likeness (QED) is 0.178. The first kappa shape index (κ1) is 30.1. The van der Waals surface area contributed by atoms with Crippen LogP contribution in [0.5, 0.6) is 0 Å². The van der Waals surface area contributed by atoms with E-state index in [0.717, 1.165) is 70.5 Å². The van der Waals surface area contributed by atoms with Crippen LogP contribution in [0.2, 0.25) is 0 Å². The number of thiophene rings is 1. The molecule has 5 nitrogen and oxygen atoms in total. The minimum atomic E-state index is 0.603. The van der Waals surface area contributed by atoms with E-state index in [1.54, 1.807) is 22.7 Å². The number of aromatic nitrogens is 4. The SMILES string of the molecule is c1ccc(-c2nc(-c3cccc4c3sc3ccccc34)nc(-c3cccc4oc5c(-c6ccc(-c7nc8ccccc8s7)cc6)cccc5c34)n2)cc1. The van der Waals surface area contributed by atoms with Gasteiger partial charge >= 0.3 is 0 Å². The van der Waals surface area contributed by atoms with E-state index in [2.05, 4.69) is 109 Å². The molecule has 0 bridgehead atoms. The first-order chi connectivity index (χ1) is 26.2. The van der Waals surface area contributed by atoms with Crippen LogP contribution in [0.3, 0.4) is 0 Å². The van der Waals surface area contributed by atoms with Gasteiger partial charge in [-0.15, -0.1) is 22.7 Å². The van der Waals surface area contributed by atoms with Crippen molar-refractivity contribution >= 4 is 75.0 Å². The molecular weight excluding hydrogens is 689 g/mol. The molecule has 0 radical (unpaired) electrons. The minimum Gasteiger partial charge on any atom is -0.455 e. The van der Waals surface area contributed by atoms with Gasteiger partial charge in [-0.2, -0.15) is 0 Å². The van der Waals surface area contributed by atoms with Gasteiger partial charge in [-0.05, 0) is 35.9 Å². The van der Waals surface area contributed by atoms with Crippen molar-refractivity contribution < 1.29 is 4.42 Å². The normalized spacial score (nSPS) is 11.8. The van der Waals surface area contributed by atoms with E-state index >= 15 is 0 Å². The van der Waals surface area contributed by atoms with Gasteiger partial charge in [-0.25, -0.2) is 19.9 Å². The Morgan fingerprint density at radius 1 is 0.396 bits per heavy atom. The van der Waals surface area contributed by atoms with Gasteiger partial charge in [0.25, 0.3) is 0 Å². The number of hydrogen-bond donors (Lipinski definition) is 0. The zero-order valence-electron chi connectivity index (χ0n) is 28.0. The average Bonchev–Trinajstić information content (AvgIpc) is 3.94. The highest BCUT2D eigenvalue weighted by molar-refractivity contribution is 7.26. The third-order valence-corrected chi connectivity index (χ3v) is 12.1. The van der Waals surface area contributed by atoms with Gasteiger partial charge in [-0.3, -0.25) is 0 Å². The molecule has 11 rings (SSSR count). The Kier molecular flexibility index (Phi) is 6.83. The molecule has 7 heteroatoms. The Morgan fingerprint density at radius 2 is 1.04 bits per heavy atom. The summed E-state index contributed by atoms with van der Waals surface area (Å²) in [6, 6.07) is 54.4. The molecule has 11 aromatic rings. The van der Waals surface area contributed by atoms with E-state index in [4.69, 9.17) is 24.4 Å². The topological polar surface area (TPSA) is 64.7 Å². The molecule has 0 saturated heterocycles. The fourth-order valence-corrected chi connectivity index (χ4v) is 9.49. The summed E-state index contributed by atoms with van der Waals surface area (Å²) in [5, 5.41) is 5.45. The standard InChI is InChI=1S/C46H26N4OS2/c1-2-11-28(12-3-1)43-48-44(50-45(49-43)35-18-9-15-32-31-13-4-6-21-38(31)52-42(32)35)34-17-10-20-37-40(34)33-16-8-14-30(41(33)51-37)27-23-25-29(26-24-27)46-47-36-19-5-7-22-39(36)53-46/h1-26H. The molecule has 0 atom stereocenters. The maximum Gasteiger partial charge on any atom is 0.165 e. The second kappa shape index (κ2) is 12.0. The van der Waals surface area contributed by atoms with Crippen LogP contribution in [0.4, 0.5) is 0 Å². The molecule has 0 aliphatic heterocycles. The molecule has 4 aromatic heterocycles. The molecule has 0 saturated carbocycles. The lowest BCUT2D eigenvalue weighted by molar-refractivity contribution is 0.670. The third-order valence-electron chi connectivity index (χ3n) is 9.81. The zero-order chi connectivity index (χ0) is 34.9. The van der Waals surface area contributed by atoms with Crippen LogP contribution in [0.15, 0.2) is 162 Å². The Hall–Kier alpha value is -6.54. The maximum absolute atomic E-state index is 6.70. The van der Waals surface area contributed by atoms with Gasteiger partial charge < -0.3 is 4.42 Å². The molecule has 0 fully saturated rings. The molecule has 0 aliphatic carbocycles. The molecule has 4 heterocycles. The first-order valence-corrected chi connectivity index (χ1v) is 19.0. The van der Waals surface area contributed by atoms with Crippen molar-refractivity contribution in [3.05, 3.63) is 158 Å². The highest BCUT2D eigenvalue weighted by Crippen LogP contribution is 2.43. The summed E-state index contributed by atoms with van der Waals surface area (Å²) in [4.78, 5) is 20.3. The molecule has 0 aliphatic rings. The van der Waals surface area contributed by atoms with Gasteiger partial charge in [0.05, 0.1) is 10.2 Å². The number of hydrogen-bond acceptors (Lipinski definition) is 7. The fraction of sp³-hybridized carbons (Fsp3) is 0. The minimum absolute atomic E-state index is 0.603. The van der Waals surface area contributed by atoms with Gasteiger partial charge in [0, 0.05) is 58.8 Å². The van der Waals surface area contributed by atoms with Crippen molar-refractivity contribution in [3.63, 3.8) is 0 Å². The number of rotatable bonds is 5. The summed E-state index contributed by atoms with van der Waals surface area (Å²) in [5.41, 5.74) is 8.66. The molecule has 248 valence electrons. The molecule has 53 heavy (non-hydrogen) atoms. The number of benzene rings is 7. The number of nitrogens with zero attached hydrogens (tertiary/aromatic N) is 4. The van der Waals surface area contributed by atoms with Crippen LogP contribution in [0.1, 0.15) is 0 Å². The van der Waals surface area contributed by atoms with Crippen LogP contribution >= 0.6 is 22.7 Å². The molecule has 0 N–H and O–H groups in total. The largest absolute Gasteiger partial charge is 0.455 e. The van der Waals surface area contributed by atoms with E-state index in [9.17, 15) is 0 Å². The summed E-state index contributed by atoms with van der Waals surface area (Å²) in [6.07, 6.45) is 0. The van der Waals surface area contributed by atoms with E-state index in [0.29, 0.717) is 17.5 Å². The third kappa shape index (κ3) is 4.97. The molecule has 0 unspecified atom stereocenters. The maximum atomic E-state index is 6.70. The lowest BCUT2D eigenvalue weighted by Gasteiger charge is -2.10. The van der Waals surface area contributed by atoms with Gasteiger partial charge in [0.1, 0.15) is 16.2 Å². The van der Waals surface area contributed by atoms with E-state index < -0.39 is 0 Å². The number of para-hydroxylation sites is 2. The van der Waals surface area contributed by atoms with Gasteiger partial charge in [0.15, 0.2) is 17.5 Å². The van der Waals surface area contributed by atoms with Gasteiger partial charge in [0.2, 0.25) is 0 Å². The Morgan fingerprint density at radius 3 is 1.89 bits per heavy atom. The second-order valence-electron chi connectivity index (χ2n) is 13.0. The summed E-state index contributed by atoms with van der Waals surface area (Å²) in [6.45, 7) is 0. The van der Waals surface area contributed by atoms with Crippen LogP contribution in [0.25, 0.3) is 108 Å². The van der Waals surface area contributed by atoms with Crippen molar-refractivity contribution in [2.45, 2.75) is 0 Å². The van der Waals surface area contributed by atoms with E-state index in [1.165, 1.54) is 20.2 Å².